The fraction of sp³-hybridized carbons (Fsp3) is 0.333. The van der Waals surface area contributed by atoms with Gasteiger partial charge in [-0.3, -0.25) is 10.1 Å². The van der Waals surface area contributed by atoms with E-state index in [1.165, 1.54) is 21.8 Å². The molecule has 0 radical (unpaired) electrons. The summed E-state index contributed by atoms with van der Waals surface area (Å²) in [6, 6.07) is 17.0. The quantitative estimate of drug-likeness (QED) is 0.362. The van der Waals surface area contributed by atoms with E-state index in [0.717, 1.165) is 25.8 Å². The Labute approximate surface area is 129 Å². The van der Waals surface area contributed by atoms with E-state index in [1.807, 2.05) is 0 Å². The maximum atomic E-state index is 10.3. The molecular weight excluding hydrogens is 276 g/mol. The third-order valence-electron chi connectivity index (χ3n) is 4.15. The molecule has 0 N–H and O–H groups in total. The molecule has 0 fully saturated rings. The average Bonchev–Trinajstić information content (AvgIpc) is 2.85. The summed E-state index contributed by atoms with van der Waals surface area (Å²) in [5.74, 6) is 0. The van der Waals surface area contributed by atoms with Crippen molar-refractivity contribution in [1.29, 1.82) is 0 Å². The number of unbranched alkanes of at least 4 members (excludes halogenated alkanes) is 3. The summed E-state index contributed by atoms with van der Waals surface area (Å²) < 4.78 is 2.37. The zero-order valence-corrected chi connectivity index (χ0v) is 12.6. The van der Waals surface area contributed by atoms with Gasteiger partial charge < -0.3 is 4.57 Å². The molecule has 4 heteroatoms. The molecule has 2 aromatic carbocycles. The van der Waals surface area contributed by atoms with Crippen molar-refractivity contribution in [2.75, 3.05) is 6.54 Å². The predicted molar refractivity (Wildman–Crippen MR) is 89.8 cm³/mol. The van der Waals surface area contributed by atoms with Crippen LogP contribution in [-0.2, 0) is 6.54 Å². The van der Waals surface area contributed by atoms with Gasteiger partial charge in [0.2, 0.25) is 6.54 Å². The molecule has 0 amide bonds. The van der Waals surface area contributed by atoms with Crippen LogP contribution in [0.3, 0.4) is 0 Å². The van der Waals surface area contributed by atoms with Crippen LogP contribution in [0.15, 0.2) is 48.5 Å². The average molecular weight is 296 g/mol. The number of aryl methyl sites for hydroxylation is 1. The van der Waals surface area contributed by atoms with Crippen LogP contribution in [0.4, 0.5) is 0 Å². The Morgan fingerprint density at radius 3 is 1.95 bits per heavy atom. The molecular formula is C18H20N2O2. The second-order valence-electron chi connectivity index (χ2n) is 5.66. The Bertz CT molecular complexity index is 739. The molecule has 0 atom stereocenters. The van der Waals surface area contributed by atoms with Crippen LogP contribution in [0, 0.1) is 10.1 Å². The van der Waals surface area contributed by atoms with E-state index in [9.17, 15) is 10.1 Å². The van der Waals surface area contributed by atoms with Gasteiger partial charge in [-0.15, -0.1) is 0 Å². The highest BCUT2D eigenvalue weighted by Crippen LogP contribution is 2.29. The molecule has 1 heterocycles. The molecule has 4 nitrogen and oxygen atoms in total. The summed E-state index contributed by atoms with van der Waals surface area (Å²) in [6.45, 7) is 1.06. The van der Waals surface area contributed by atoms with Crippen LogP contribution in [0.2, 0.25) is 0 Å². The molecule has 0 saturated heterocycles. The van der Waals surface area contributed by atoms with Crippen molar-refractivity contribution in [3.63, 3.8) is 0 Å². The number of hydrogen-bond acceptors (Lipinski definition) is 2. The van der Waals surface area contributed by atoms with Crippen LogP contribution in [0.25, 0.3) is 21.8 Å². The standard InChI is InChI=1S/C18H20N2O2/c21-20(22)14-8-2-1-7-13-19-17-11-5-3-9-15(17)16-10-4-6-12-18(16)19/h3-6,9-12H,1-2,7-8,13-14H2. The summed E-state index contributed by atoms with van der Waals surface area (Å²) in [5.41, 5.74) is 2.54. The number of fused-ring (bicyclic) bond motifs is 3. The SMILES string of the molecule is O=[N+]([O-])CCCCCCn1c2ccccc2c2ccccc21. The number of aromatic nitrogens is 1. The van der Waals surface area contributed by atoms with Gasteiger partial charge in [0.25, 0.3) is 0 Å². The Hall–Kier alpha value is -2.36. The smallest absolute Gasteiger partial charge is 0.203 e. The van der Waals surface area contributed by atoms with Gasteiger partial charge in [-0.1, -0.05) is 42.8 Å². The van der Waals surface area contributed by atoms with Crippen LogP contribution in [-0.4, -0.2) is 16.0 Å². The summed E-state index contributed by atoms with van der Waals surface area (Å²) in [4.78, 5) is 10.1. The minimum atomic E-state index is -0.229. The molecule has 0 aliphatic rings. The summed E-state index contributed by atoms with van der Waals surface area (Å²) >= 11 is 0. The topological polar surface area (TPSA) is 48.1 Å². The predicted octanol–water partition coefficient (Wildman–Crippen LogP) is 4.63. The fourth-order valence-corrected chi connectivity index (χ4v) is 3.11. The lowest BCUT2D eigenvalue weighted by Crippen LogP contribution is -2.01. The molecule has 0 saturated carbocycles. The number of benzene rings is 2. The van der Waals surface area contributed by atoms with Crippen LogP contribution in [0.5, 0.6) is 0 Å². The minimum absolute atomic E-state index is 0.0926. The second-order valence-corrected chi connectivity index (χ2v) is 5.66. The van der Waals surface area contributed by atoms with Crippen molar-refractivity contribution in [3.05, 3.63) is 58.6 Å². The van der Waals surface area contributed by atoms with Gasteiger partial charge in [0.15, 0.2) is 0 Å². The van der Waals surface area contributed by atoms with Crippen molar-refractivity contribution in [2.24, 2.45) is 0 Å². The first-order valence-corrected chi connectivity index (χ1v) is 7.85. The largest absolute Gasteiger partial charge is 0.340 e. The Morgan fingerprint density at radius 2 is 1.36 bits per heavy atom. The lowest BCUT2D eigenvalue weighted by atomic mass is 10.2. The zero-order chi connectivity index (χ0) is 15.4. The maximum Gasteiger partial charge on any atom is 0.203 e. The molecule has 0 spiro atoms. The van der Waals surface area contributed by atoms with Crippen LogP contribution >= 0.6 is 0 Å². The van der Waals surface area contributed by atoms with E-state index in [2.05, 4.69) is 53.1 Å². The lowest BCUT2D eigenvalue weighted by molar-refractivity contribution is -0.480. The van der Waals surface area contributed by atoms with E-state index >= 15 is 0 Å². The number of nitro groups is 1. The van der Waals surface area contributed by atoms with E-state index < -0.39 is 0 Å². The number of rotatable bonds is 7. The summed E-state index contributed by atoms with van der Waals surface area (Å²) in [7, 11) is 0. The van der Waals surface area contributed by atoms with Crippen molar-refractivity contribution in [1.82, 2.24) is 4.57 Å². The summed E-state index contributed by atoms with van der Waals surface area (Å²) in [5, 5.41) is 12.9. The number of nitrogens with zero attached hydrogens (tertiary/aromatic N) is 2. The van der Waals surface area contributed by atoms with Gasteiger partial charge in [-0.05, 0) is 25.0 Å². The third kappa shape index (κ3) is 2.96. The molecule has 3 aromatic rings. The highest BCUT2D eigenvalue weighted by Gasteiger charge is 2.08. The molecule has 1 aromatic heterocycles. The first-order chi connectivity index (χ1) is 10.8. The fourth-order valence-electron chi connectivity index (χ4n) is 3.11. The van der Waals surface area contributed by atoms with Crippen LogP contribution in [0.1, 0.15) is 25.7 Å². The first kappa shape index (κ1) is 14.6. The van der Waals surface area contributed by atoms with Crippen molar-refractivity contribution in [2.45, 2.75) is 32.2 Å². The second kappa shape index (κ2) is 6.60. The van der Waals surface area contributed by atoms with Crippen molar-refractivity contribution >= 4 is 21.8 Å². The number of para-hydroxylation sites is 2. The summed E-state index contributed by atoms with van der Waals surface area (Å²) in [6.07, 6.45) is 3.70. The van der Waals surface area contributed by atoms with E-state index in [0.29, 0.717) is 6.42 Å². The van der Waals surface area contributed by atoms with Gasteiger partial charge in [0.05, 0.1) is 0 Å². The first-order valence-electron chi connectivity index (χ1n) is 7.85. The Morgan fingerprint density at radius 1 is 0.818 bits per heavy atom. The maximum absolute atomic E-state index is 10.3. The van der Waals surface area contributed by atoms with E-state index in [1.54, 1.807) is 0 Å². The van der Waals surface area contributed by atoms with E-state index in [-0.39, 0.29) is 11.5 Å². The van der Waals surface area contributed by atoms with Crippen molar-refractivity contribution < 1.29 is 4.92 Å². The van der Waals surface area contributed by atoms with Crippen LogP contribution < -0.4 is 0 Å². The van der Waals surface area contributed by atoms with Gasteiger partial charge in [-0.2, -0.15) is 0 Å². The van der Waals surface area contributed by atoms with Gasteiger partial charge >= 0.3 is 0 Å². The molecule has 0 unspecified atom stereocenters. The van der Waals surface area contributed by atoms with Crippen molar-refractivity contribution in [3.8, 4) is 0 Å². The van der Waals surface area contributed by atoms with Gasteiger partial charge in [-0.25, -0.2) is 0 Å². The van der Waals surface area contributed by atoms with E-state index in [4.69, 9.17) is 0 Å². The number of hydrogen-bond donors (Lipinski definition) is 0. The highest BCUT2D eigenvalue weighted by molar-refractivity contribution is 6.07. The zero-order valence-electron chi connectivity index (χ0n) is 12.6. The molecule has 22 heavy (non-hydrogen) atoms. The lowest BCUT2D eigenvalue weighted by Gasteiger charge is -2.07. The highest BCUT2D eigenvalue weighted by atomic mass is 16.6. The molecule has 3 rings (SSSR count). The Kier molecular flexibility index (Phi) is 4.37. The molecule has 0 bridgehead atoms. The minimum Gasteiger partial charge on any atom is -0.340 e. The molecule has 0 aliphatic heterocycles. The molecule has 0 aliphatic carbocycles. The monoisotopic (exact) mass is 296 g/mol. The Balaban J connectivity index is 1.73. The van der Waals surface area contributed by atoms with Gasteiger partial charge in [0, 0.05) is 39.7 Å². The normalized spacial score (nSPS) is 11.3. The van der Waals surface area contributed by atoms with Gasteiger partial charge in [0.1, 0.15) is 0 Å². The molecule has 114 valence electrons. The third-order valence-corrected chi connectivity index (χ3v) is 4.15.